The van der Waals surface area contributed by atoms with Gasteiger partial charge in [-0.1, -0.05) is 36.4 Å². The smallest absolute Gasteiger partial charge is 0.274 e. The zero-order valence-electron chi connectivity index (χ0n) is 12.1. The number of hydrogen-bond acceptors (Lipinski definition) is 4. The highest BCUT2D eigenvalue weighted by Crippen LogP contribution is 2.25. The van der Waals surface area contributed by atoms with Crippen LogP contribution >= 0.6 is 11.8 Å². The summed E-state index contributed by atoms with van der Waals surface area (Å²) in [6.45, 7) is 1.63. The fourth-order valence-electron chi connectivity index (χ4n) is 1.98. The molecule has 0 saturated heterocycles. The van der Waals surface area contributed by atoms with Crippen molar-refractivity contribution >= 4 is 29.0 Å². The standard InChI is InChI=1S/C16H16N2O3S/c1-12-14(8-5-9-15(12)18(20)21)17-16(19)11-22-10-13-6-3-2-4-7-13/h2-9H,10-11H2,1H3,(H,17,19). The van der Waals surface area contributed by atoms with Crippen molar-refractivity contribution in [3.63, 3.8) is 0 Å². The molecule has 0 radical (unpaired) electrons. The van der Waals surface area contributed by atoms with Crippen LogP contribution in [0.25, 0.3) is 0 Å². The van der Waals surface area contributed by atoms with Crippen LogP contribution in [0.15, 0.2) is 48.5 Å². The monoisotopic (exact) mass is 316 g/mol. The summed E-state index contributed by atoms with van der Waals surface area (Å²) in [6, 6.07) is 14.6. The first-order valence-corrected chi connectivity index (χ1v) is 7.89. The second-order valence-electron chi connectivity index (χ2n) is 4.73. The molecule has 0 spiro atoms. The minimum atomic E-state index is -0.449. The van der Waals surface area contributed by atoms with E-state index in [4.69, 9.17) is 0 Å². The van der Waals surface area contributed by atoms with E-state index in [0.717, 1.165) is 11.3 Å². The molecule has 0 bridgehead atoms. The van der Waals surface area contributed by atoms with Crippen LogP contribution in [0.5, 0.6) is 0 Å². The molecule has 114 valence electrons. The SMILES string of the molecule is Cc1c(NC(=O)CSCc2ccccc2)cccc1[N+](=O)[O-]. The summed E-state index contributed by atoms with van der Waals surface area (Å²) in [7, 11) is 0. The first-order chi connectivity index (χ1) is 10.6. The van der Waals surface area contributed by atoms with Crippen LogP contribution in [0.1, 0.15) is 11.1 Å². The molecule has 22 heavy (non-hydrogen) atoms. The molecular weight excluding hydrogens is 300 g/mol. The van der Waals surface area contributed by atoms with Gasteiger partial charge in [-0.25, -0.2) is 0 Å². The number of nitro benzene ring substituents is 1. The molecule has 2 aromatic rings. The maximum absolute atomic E-state index is 11.9. The number of amides is 1. The van der Waals surface area contributed by atoms with E-state index >= 15 is 0 Å². The van der Waals surface area contributed by atoms with Gasteiger partial charge in [-0.05, 0) is 18.6 Å². The molecule has 0 saturated carbocycles. The van der Waals surface area contributed by atoms with Gasteiger partial charge in [0.2, 0.25) is 5.91 Å². The Hall–Kier alpha value is -2.34. The van der Waals surface area contributed by atoms with Crippen LogP contribution in [0.3, 0.4) is 0 Å². The average Bonchev–Trinajstić information content (AvgIpc) is 2.50. The fourth-order valence-corrected chi connectivity index (χ4v) is 2.77. The molecule has 0 aromatic heterocycles. The van der Waals surface area contributed by atoms with Crippen molar-refractivity contribution in [1.82, 2.24) is 0 Å². The molecule has 0 fully saturated rings. The molecular formula is C16H16N2O3S. The Balaban J connectivity index is 1.90. The van der Waals surface area contributed by atoms with Gasteiger partial charge in [0.1, 0.15) is 0 Å². The second kappa shape index (κ2) is 7.61. The van der Waals surface area contributed by atoms with E-state index in [9.17, 15) is 14.9 Å². The predicted molar refractivity (Wildman–Crippen MR) is 89.1 cm³/mol. The third-order valence-electron chi connectivity index (χ3n) is 3.12. The van der Waals surface area contributed by atoms with Crippen LogP contribution in [-0.4, -0.2) is 16.6 Å². The van der Waals surface area contributed by atoms with E-state index in [2.05, 4.69) is 5.32 Å². The Morgan fingerprint density at radius 2 is 1.91 bits per heavy atom. The van der Waals surface area contributed by atoms with Gasteiger partial charge in [0.25, 0.3) is 5.69 Å². The predicted octanol–water partition coefficient (Wildman–Crippen LogP) is 3.78. The lowest BCUT2D eigenvalue weighted by Crippen LogP contribution is -2.15. The summed E-state index contributed by atoms with van der Waals surface area (Å²) in [5.41, 5.74) is 2.12. The van der Waals surface area contributed by atoms with Gasteiger partial charge in [0, 0.05) is 11.8 Å². The van der Waals surface area contributed by atoms with Crippen molar-refractivity contribution in [3.8, 4) is 0 Å². The molecule has 0 heterocycles. The summed E-state index contributed by atoms with van der Waals surface area (Å²) in [5, 5.41) is 13.6. The fraction of sp³-hybridized carbons (Fsp3) is 0.188. The molecule has 0 aliphatic heterocycles. The second-order valence-corrected chi connectivity index (χ2v) is 5.72. The normalized spacial score (nSPS) is 10.2. The summed E-state index contributed by atoms with van der Waals surface area (Å²) in [6.07, 6.45) is 0. The molecule has 1 amide bonds. The highest BCUT2D eigenvalue weighted by Gasteiger charge is 2.14. The van der Waals surface area contributed by atoms with Gasteiger partial charge in [-0.2, -0.15) is 0 Å². The van der Waals surface area contributed by atoms with E-state index in [0.29, 0.717) is 17.0 Å². The van der Waals surface area contributed by atoms with Crippen molar-refractivity contribution < 1.29 is 9.72 Å². The molecule has 5 nitrogen and oxygen atoms in total. The molecule has 2 aromatic carbocycles. The molecule has 6 heteroatoms. The van der Waals surface area contributed by atoms with Crippen LogP contribution < -0.4 is 5.32 Å². The number of nitrogens with zero attached hydrogens (tertiary/aromatic N) is 1. The molecule has 0 aliphatic rings. The van der Waals surface area contributed by atoms with Crippen LogP contribution in [0.4, 0.5) is 11.4 Å². The number of hydrogen-bond donors (Lipinski definition) is 1. The van der Waals surface area contributed by atoms with Crippen LogP contribution in [0, 0.1) is 17.0 Å². The maximum Gasteiger partial charge on any atom is 0.274 e. The van der Waals surface area contributed by atoms with E-state index in [-0.39, 0.29) is 11.6 Å². The number of rotatable bonds is 6. The Morgan fingerprint density at radius 3 is 2.59 bits per heavy atom. The Bertz CT molecular complexity index is 674. The molecule has 0 atom stereocenters. The van der Waals surface area contributed by atoms with Gasteiger partial charge >= 0.3 is 0 Å². The minimum Gasteiger partial charge on any atom is -0.325 e. The number of anilines is 1. The van der Waals surface area contributed by atoms with Crippen LogP contribution in [-0.2, 0) is 10.5 Å². The Morgan fingerprint density at radius 1 is 1.18 bits per heavy atom. The number of carbonyl (C=O) groups excluding carboxylic acids is 1. The molecule has 0 aliphatic carbocycles. The number of nitrogens with one attached hydrogen (secondary N) is 1. The maximum atomic E-state index is 11.9. The molecule has 2 rings (SSSR count). The molecule has 0 unspecified atom stereocenters. The highest BCUT2D eigenvalue weighted by molar-refractivity contribution is 7.99. The van der Waals surface area contributed by atoms with Crippen molar-refractivity contribution in [3.05, 3.63) is 69.8 Å². The first-order valence-electron chi connectivity index (χ1n) is 6.73. The lowest BCUT2D eigenvalue weighted by Gasteiger charge is -2.08. The van der Waals surface area contributed by atoms with Gasteiger partial charge in [0.05, 0.1) is 21.9 Å². The summed E-state index contributed by atoms with van der Waals surface area (Å²) < 4.78 is 0. The number of nitro groups is 1. The van der Waals surface area contributed by atoms with Gasteiger partial charge in [-0.3, -0.25) is 14.9 Å². The lowest BCUT2D eigenvalue weighted by atomic mass is 10.1. The van der Waals surface area contributed by atoms with E-state index in [1.54, 1.807) is 19.1 Å². The van der Waals surface area contributed by atoms with E-state index < -0.39 is 4.92 Å². The van der Waals surface area contributed by atoms with Crippen molar-refractivity contribution in [2.45, 2.75) is 12.7 Å². The quantitative estimate of drug-likeness (QED) is 0.650. The summed E-state index contributed by atoms with van der Waals surface area (Å²) in [4.78, 5) is 22.4. The highest BCUT2D eigenvalue weighted by atomic mass is 32.2. The van der Waals surface area contributed by atoms with Crippen LogP contribution in [0.2, 0.25) is 0 Å². The van der Waals surface area contributed by atoms with Crippen molar-refractivity contribution in [2.24, 2.45) is 0 Å². The zero-order valence-corrected chi connectivity index (χ0v) is 12.9. The van der Waals surface area contributed by atoms with E-state index in [1.165, 1.54) is 17.8 Å². The number of carbonyl (C=O) groups is 1. The van der Waals surface area contributed by atoms with Gasteiger partial charge < -0.3 is 5.32 Å². The number of benzene rings is 2. The lowest BCUT2D eigenvalue weighted by molar-refractivity contribution is -0.385. The van der Waals surface area contributed by atoms with Crippen molar-refractivity contribution in [2.75, 3.05) is 11.1 Å². The Labute approximate surface area is 132 Å². The number of thioether (sulfide) groups is 1. The largest absolute Gasteiger partial charge is 0.325 e. The minimum absolute atomic E-state index is 0.00902. The first kappa shape index (κ1) is 16.0. The average molecular weight is 316 g/mol. The van der Waals surface area contributed by atoms with E-state index in [1.807, 2.05) is 30.3 Å². The third-order valence-corrected chi connectivity index (χ3v) is 4.12. The topological polar surface area (TPSA) is 72.2 Å². The summed E-state index contributed by atoms with van der Waals surface area (Å²) in [5.74, 6) is 0.892. The van der Waals surface area contributed by atoms with Crippen molar-refractivity contribution in [1.29, 1.82) is 0 Å². The zero-order chi connectivity index (χ0) is 15.9. The van der Waals surface area contributed by atoms with Gasteiger partial charge in [0.15, 0.2) is 0 Å². The molecule has 1 N–H and O–H groups in total. The third kappa shape index (κ3) is 4.33. The summed E-state index contributed by atoms with van der Waals surface area (Å²) >= 11 is 1.50. The van der Waals surface area contributed by atoms with Gasteiger partial charge in [-0.15, -0.1) is 11.8 Å². The Kier molecular flexibility index (Phi) is 5.55.